The SMILES string of the molecule is O=C(NO)C1C2CCC(CC2)N1S(=O)(=O)c1ccc2ccccc2c1. The van der Waals surface area contributed by atoms with Crippen molar-refractivity contribution in [2.45, 2.75) is 42.7 Å². The van der Waals surface area contributed by atoms with Gasteiger partial charge in [-0.2, -0.15) is 4.31 Å². The van der Waals surface area contributed by atoms with Crippen LogP contribution in [-0.4, -0.2) is 35.9 Å². The third-order valence-electron chi connectivity index (χ3n) is 5.50. The quantitative estimate of drug-likeness (QED) is 0.649. The lowest BCUT2D eigenvalue weighted by Gasteiger charge is -2.49. The summed E-state index contributed by atoms with van der Waals surface area (Å²) in [5.74, 6) is -0.689. The summed E-state index contributed by atoms with van der Waals surface area (Å²) >= 11 is 0. The maximum absolute atomic E-state index is 13.3. The van der Waals surface area contributed by atoms with Gasteiger partial charge in [-0.3, -0.25) is 10.0 Å². The maximum atomic E-state index is 13.3. The van der Waals surface area contributed by atoms with Crippen molar-refractivity contribution in [1.29, 1.82) is 0 Å². The Balaban J connectivity index is 1.80. The molecule has 1 aliphatic carbocycles. The van der Waals surface area contributed by atoms with Crippen LogP contribution in [0.1, 0.15) is 25.7 Å². The largest absolute Gasteiger partial charge is 0.289 e. The van der Waals surface area contributed by atoms with E-state index in [0.717, 1.165) is 36.5 Å². The number of sulfonamides is 1. The predicted octanol–water partition coefficient (Wildman–Crippen LogP) is 2.28. The summed E-state index contributed by atoms with van der Waals surface area (Å²) in [7, 11) is -3.83. The normalized spacial score (nSPS) is 26.7. The molecule has 2 N–H and O–H groups in total. The van der Waals surface area contributed by atoms with E-state index < -0.39 is 22.0 Å². The van der Waals surface area contributed by atoms with Crippen LogP contribution in [0.4, 0.5) is 0 Å². The molecular formula is C18H20N2O4S. The number of amides is 1. The number of carbonyl (C=O) groups excluding carboxylic acids is 1. The number of piperidine rings is 2. The van der Waals surface area contributed by atoms with Crippen LogP contribution < -0.4 is 5.48 Å². The zero-order valence-electron chi connectivity index (χ0n) is 13.6. The fourth-order valence-electron chi connectivity index (χ4n) is 4.30. The Hall–Kier alpha value is -1.96. The molecule has 3 aliphatic rings. The van der Waals surface area contributed by atoms with Gasteiger partial charge >= 0.3 is 0 Å². The number of carbonyl (C=O) groups is 1. The highest BCUT2D eigenvalue weighted by atomic mass is 32.2. The van der Waals surface area contributed by atoms with Crippen molar-refractivity contribution in [3.63, 3.8) is 0 Å². The number of fused-ring (bicyclic) bond motifs is 4. The topological polar surface area (TPSA) is 86.7 Å². The molecule has 0 spiro atoms. The van der Waals surface area contributed by atoms with Crippen LogP contribution in [0.5, 0.6) is 0 Å². The Morgan fingerprint density at radius 1 is 1.04 bits per heavy atom. The van der Waals surface area contributed by atoms with Gasteiger partial charge in [0.2, 0.25) is 10.0 Å². The second-order valence-corrected chi connectivity index (χ2v) is 8.68. The molecule has 1 saturated carbocycles. The first kappa shape index (κ1) is 16.5. The zero-order chi connectivity index (χ0) is 17.6. The number of hydrogen-bond donors (Lipinski definition) is 2. The molecule has 25 heavy (non-hydrogen) atoms. The molecule has 132 valence electrons. The highest BCUT2D eigenvalue weighted by Crippen LogP contribution is 2.42. The van der Waals surface area contributed by atoms with Gasteiger partial charge in [0.15, 0.2) is 0 Å². The molecule has 2 aliphatic heterocycles. The molecule has 0 radical (unpaired) electrons. The number of nitrogens with zero attached hydrogens (tertiary/aromatic N) is 1. The molecule has 1 atom stereocenters. The lowest BCUT2D eigenvalue weighted by Crippen LogP contribution is -2.62. The van der Waals surface area contributed by atoms with Gasteiger partial charge in [0.25, 0.3) is 5.91 Å². The van der Waals surface area contributed by atoms with Crippen LogP contribution in [-0.2, 0) is 14.8 Å². The molecule has 2 aromatic carbocycles. The molecule has 5 rings (SSSR count). The van der Waals surface area contributed by atoms with E-state index in [-0.39, 0.29) is 16.9 Å². The molecule has 3 fully saturated rings. The van der Waals surface area contributed by atoms with Crippen molar-refractivity contribution < 1.29 is 18.4 Å². The van der Waals surface area contributed by atoms with Gasteiger partial charge < -0.3 is 0 Å². The van der Waals surface area contributed by atoms with Crippen LogP contribution >= 0.6 is 0 Å². The van der Waals surface area contributed by atoms with Crippen LogP contribution in [0.15, 0.2) is 47.4 Å². The Kier molecular flexibility index (Phi) is 4.02. The van der Waals surface area contributed by atoms with Crippen LogP contribution in [0.3, 0.4) is 0 Å². The van der Waals surface area contributed by atoms with Gasteiger partial charge in [-0.1, -0.05) is 30.3 Å². The molecule has 1 amide bonds. The predicted molar refractivity (Wildman–Crippen MR) is 92.4 cm³/mol. The minimum Gasteiger partial charge on any atom is -0.289 e. The van der Waals surface area contributed by atoms with Crippen molar-refractivity contribution in [3.8, 4) is 0 Å². The van der Waals surface area contributed by atoms with Crippen molar-refractivity contribution >= 4 is 26.7 Å². The fourth-order valence-corrected chi connectivity index (χ4v) is 6.23. The number of hydroxylamine groups is 1. The minimum absolute atomic E-state index is 0.0487. The van der Waals surface area contributed by atoms with Crippen molar-refractivity contribution in [2.75, 3.05) is 0 Å². The van der Waals surface area contributed by atoms with Crippen molar-refractivity contribution in [3.05, 3.63) is 42.5 Å². The molecule has 2 aromatic rings. The summed E-state index contributed by atoms with van der Waals surface area (Å²) in [4.78, 5) is 12.4. The first-order valence-corrected chi connectivity index (χ1v) is 9.92. The summed E-state index contributed by atoms with van der Waals surface area (Å²) < 4.78 is 28.0. The summed E-state index contributed by atoms with van der Waals surface area (Å²) in [6.45, 7) is 0. The van der Waals surface area contributed by atoms with E-state index in [2.05, 4.69) is 0 Å². The molecule has 2 heterocycles. The lowest BCUT2D eigenvalue weighted by atomic mass is 9.76. The Bertz CT molecular complexity index is 920. The van der Waals surface area contributed by atoms with E-state index in [1.54, 1.807) is 23.7 Å². The maximum Gasteiger partial charge on any atom is 0.262 e. The first-order valence-electron chi connectivity index (χ1n) is 8.48. The van der Waals surface area contributed by atoms with Gasteiger partial charge in [-0.25, -0.2) is 13.9 Å². The molecule has 7 heteroatoms. The van der Waals surface area contributed by atoms with Gasteiger partial charge in [0, 0.05) is 6.04 Å². The van der Waals surface area contributed by atoms with Crippen LogP contribution in [0, 0.1) is 5.92 Å². The van der Waals surface area contributed by atoms with Gasteiger partial charge in [-0.05, 0) is 54.5 Å². The Morgan fingerprint density at radius 2 is 1.72 bits per heavy atom. The van der Waals surface area contributed by atoms with Gasteiger partial charge in [0.05, 0.1) is 4.90 Å². The van der Waals surface area contributed by atoms with Gasteiger partial charge in [-0.15, -0.1) is 0 Å². The molecule has 2 saturated heterocycles. The van der Waals surface area contributed by atoms with E-state index in [9.17, 15) is 13.2 Å². The Labute approximate surface area is 146 Å². The van der Waals surface area contributed by atoms with E-state index in [0.29, 0.717) is 0 Å². The van der Waals surface area contributed by atoms with Gasteiger partial charge in [0.1, 0.15) is 6.04 Å². The second-order valence-electron chi connectivity index (χ2n) is 6.83. The number of hydrogen-bond acceptors (Lipinski definition) is 4. The van der Waals surface area contributed by atoms with Crippen molar-refractivity contribution in [2.24, 2.45) is 5.92 Å². The summed E-state index contributed by atoms with van der Waals surface area (Å²) in [6.07, 6.45) is 3.14. The third-order valence-corrected chi connectivity index (χ3v) is 7.43. The van der Waals surface area contributed by atoms with E-state index >= 15 is 0 Å². The number of benzene rings is 2. The zero-order valence-corrected chi connectivity index (χ0v) is 14.4. The molecule has 2 bridgehead atoms. The molecule has 6 nitrogen and oxygen atoms in total. The standard InChI is InChI=1S/C18H20N2O4S/c21-18(19-22)17-13-5-8-15(9-6-13)20(17)25(23,24)16-10-7-12-3-1-2-4-14(12)11-16/h1-4,7,10-11,13,15,17,22H,5-6,8-9H2,(H,19,21). The smallest absolute Gasteiger partial charge is 0.262 e. The van der Waals surface area contributed by atoms with E-state index in [1.165, 1.54) is 4.31 Å². The second kappa shape index (κ2) is 6.09. The molecular weight excluding hydrogens is 340 g/mol. The monoisotopic (exact) mass is 360 g/mol. The average molecular weight is 360 g/mol. The fraction of sp³-hybridized carbons (Fsp3) is 0.389. The minimum atomic E-state index is -3.83. The van der Waals surface area contributed by atoms with Crippen LogP contribution in [0.2, 0.25) is 0 Å². The highest BCUT2D eigenvalue weighted by molar-refractivity contribution is 7.89. The summed E-state index contributed by atoms with van der Waals surface area (Å²) in [6, 6.07) is 11.6. The van der Waals surface area contributed by atoms with E-state index in [4.69, 9.17) is 5.21 Å². The first-order chi connectivity index (χ1) is 12.0. The summed E-state index contributed by atoms with van der Waals surface area (Å²) in [5, 5.41) is 10.9. The number of rotatable bonds is 3. The number of nitrogens with one attached hydrogen (secondary N) is 1. The summed E-state index contributed by atoms with van der Waals surface area (Å²) in [5.41, 5.74) is 1.66. The third kappa shape index (κ3) is 2.63. The average Bonchev–Trinajstić information content (AvgIpc) is 2.67. The molecule has 0 aromatic heterocycles. The van der Waals surface area contributed by atoms with Crippen LogP contribution in [0.25, 0.3) is 10.8 Å². The van der Waals surface area contributed by atoms with Crippen molar-refractivity contribution in [1.82, 2.24) is 9.79 Å². The lowest BCUT2D eigenvalue weighted by molar-refractivity contribution is -0.139. The Morgan fingerprint density at radius 3 is 2.40 bits per heavy atom. The highest BCUT2D eigenvalue weighted by Gasteiger charge is 2.50. The van der Waals surface area contributed by atoms with E-state index in [1.807, 2.05) is 24.3 Å². The molecule has 1 unspecified atom stereocenters.